The molecule has 3 rings (SSSR count). The topological polar surface area (TPSA) is 53.6 Å². The van der Waals surface area contributed by atoms with Crippen molar-refractivity contribution in [2.24, 2.45) is 0 Å². The molecule has 1 fully saturated rings. The molecule has 0 unspecified atom stereocenters. The van der Waals surface area contributed by atoms with Crippen LogP contribution in [0.2, 0.25) is 5.02 Å². The molecule has 2 atom stereocenters. The third kappa shape index (κ3) is 6.12. The van der Waals surface area contributed by atoms with Crippen molar-refractivity contribution in [3.63, 3.8) is 0 Å². The summed E-state index contributed by atoms with van der Waals surface area (Å²) in [7, 11) is 0. The lowest BCUT2D eigenvalue weighted by Gasteiger charge is -2.31. The highest BCUT2D eigenvalue weighted by molar-refractivity contribution is 6.30. The molecule has 1 amide bonds. The fraction of sp³-hybridized carbons (Fsp3) is 0.409. The van der Waals surface area contributed by atoms with Crippen molar-refractivity contribution in [2.45, 2.75) is 32.1 Å². The Hall–Kier alpha value is -2.29. The maximum Gasteiger partial charge on any atom is 0.416 e. The molecule has 5 nitrogen and oxygen atoms in total. The van der Waals surface area contributed by atoms with E-state index in [-0.39, 0.29) is 11.7 Å². The van der Waals surface area contributed by atoms with E-state index >= 15 is 0 Å². The van der Waals surface area contributed by atoms with Gasteiger partial charge >= 0.3 is 6.18 Å². The van der Waals surface area contributed by atoms with Crippen LogP contribution in [0.4, 0.5) is 24.5 Å². The summed E-state index contributed by atoms with van der Waals surface area (Å²) < 4.78 is 45.1. The standard InChI is InChI=1S/C22H25ClF3N3O2/c1-14(16-4-3-5-18(23)12-16)27-15(2)21(30)28-19-13-17(22(24,25)26)6-7-20(19)29-8-10-31-11-9-29/h3-7,12-15,27H,8-11H2,1-2H3,(H,28,30)/t14-,15+/m1/s1. The first kappa shape index (κ1) is 23.4. The van der Waals surface area contributed by atoms with Gasteiger partial charge in [0.25, 0.3) is 0 Å². The van der Waals surface area contributed by atoms with Crippen molar-refractivity contribution < 1.29 is 22.7 Å². The Labute approximate surface area is 184 Å². The van der Waals surface area contributed by atoms with Crippen LogP contribution < -0.4 is 15.5 Å². The Balaban J connectivity index is 1.77. The molecule has 2 aromatic rings. The van der Waals surface area contributed by atoms with Gasteiger partial charge in [-0.05, 0) is 49.7 Å². The fourth-order valence-corrected chi connectivity index (χ4v) is 3.66. The Bertz CT molecular complexity index is 917. The molecule has 0 aliphatic carbocycles. The third-order valence-electron chi connectivity index (χ3n) is 5.18. The van der Waals surface area contributed by atoms with Gasteiger partial charge in [0.1, 0.15) is 0 Å². The van der Waals surface area contributed by atoms with Crippen LogP contribution in [0.5, 0.6) is 0 Å². The third-order valence-corrected chi connectivity index (χ3v) is 5.41. The van der Waals surface area contributed by atoms with Crippen molar-refractivity contribution in [1.29, 1.82) is 0 Å². The molecule has 0 radical (unpaired) electrons. The highest BCUT2D eigenvalue weighted by atomic mass is 35.5. The molecule has 1 aliphatic heterocycles. The maximum absolute atomic E-state index is 13.3. The zero-order chi connectivity index (χ0) is 22.6. The number of ether oxygens (including phenoxy) is 1. The molecular weight excluding hydrogens is 431 g/mol. The SMILES string of the molecule is C[C@H](N[C@H](C)c1cccc(Cl)c1)C(=O)Nc1cc(C(F)(F)F)ccc1N1CCOCC1. The molecule has 0 spiro atoms. The monoisotopic (exact) mass is 455 g/mol. The number of nitrogens with one attached hydrogen (secondary N) is 2. The summed E-state index contributed by atoms with van der Waals surface area (Å²) in [6, 6.07) is 9.84. The predicted octanol–water partition coefficient (Wildman–Crippen LogP) is 4.87. The molecule has 2 aromatic carbocycles. The molecule has 0 bridgehead atoms. The average Bonchev–Trinajstić information content (AvgIpc) is 2.73. The maximum atomic E-state index is 13.3. The van der Waals surface area contributed by atoms with Gasteiger partial charge in [0.2, 0.25) is 5.91 Å². The van der Waals surface area contributed by atoms with Crippen LogP contribution >= 0.6 is 11.6 Å². The quantitative estimate of drug-likeness (QED) is 0.652. The number of rotatable bonds is 6. The van der Waals surface area contributed by atoms with Crippen molar-refractivity contribution in [3.05, 3.63) is 58.6 Å². The van der Waals surface area contributed by atoms with E-state index in [0.29, 0.717) is 37.0 Å². The van der Waals surface area contributed by atoms with Gasteiger partial charge in [-0.15, -0.1) is 0 Å². The summed E-state index contributed by atoms with van der Waals surface area (Å²) in [5, 5.41) is 6.42. The van der Waals surface area contributed by atoms with E-state index in [9.17, 15) is 18.0 Å². The number of morpholine rings is 1. The lowest BCUT2D eigenvalue weighted by Crippen LogP contribution is -2.40. The number of hydrogen-bond donors (Lipinski definition) is 2. The number of carbonyl (C=O) groups is 1. The fourth-order valence-electron chi connectivity index (χ4n) is 3.46. The summed E-state index contributed by atoms with van der Waals surface area (Å²) in [5.41, 5.74) is 0.762. The Morgan fingerprint density at radius 2 is 1.84 bits per heavy atom. The largest absolute Gasteiger partial charge is 0.416 e. The minimum Gasteiger partial charge on any atom is -0.378 e. The highest BCUT2D eigenvalue weighted by Crippen LogP contribution is 2.36. The van der Waals surface area contributed by atoms with Gasteiger partial charge in [-0.2, -0.15) is 13.2 Å². The van der Waals surface area contributed by atoms with Crippen LogP contribution in [0.3, 0.4) is 0 Å². The van der Waals surface area contributed by atoms with E-state index in [2.05, 4.69) is 10.6 Å². The van der Waals surface area contributed by atoms with Crippen molar-refractivity contribution in [2.75, 3.05) is 36.5 Å². The molecule has 168 valence electrons. The van der Waals surface area contributed by atoms with Crippen molar-refractivity contribution in [3.8, 4) is 0 Å². The van der Waals surface area contributed by atoms with Crippen LogP contribution in [-0.2, 0) is 15.7 Å². The van der Waals surface area contributed by atoms with Gasteiger partial charge < -0.3 is 15.0 Å². The van der Waals surface area contributed by atoms with Crippen LogP contribution in [0.1, 0.15) is 31.0 Å². The van der Waals surface area contributed by atoms with Gasteiger partial charge in [-0.3, -0.25) is 10.1 Å². The molecule has 1 heterocycles. The van der Waals surface area contributed by atoms with Crippen molar-refractivity contribution in [1.82, 2.24) is 5.32 Å². The molecule has 0 saturated carbocycles. The Morgan fingerprint density at radius 1 is 1.13 bits per heavy atom. The van der Waals surface area contributed by atoms with Gasteiger partial charge in [0.05, 0.1) is 36.2 Å². The number of anilines is 2. The summed E-state index contributed by atoms with van der Waals surface area (Å²) in [6.45, 7) is 5.58. The van der Waals surface area contributed by atoms with E-state index in [1.165, 1.54) is 6.07 Å². The average molecular weight is 456 g/mol. The summed E-state index contributed by atoms with van der Waals surface area (Å²) in [5.74, 6) is -0.428. The highest BCUT2D eigenvalue weighted by Gasteiger charge is 2.32. The van der Waals surface area contributed by atoms with Crippen LogP contribution in [0, 0.1) is 0 Å². The second-order valence-electron chi connectivity index (χ2n) is 7.48. The van der Waals surface area contributed by atoms with Gasteiger partial charge in [-0.25, -0.2) is 0 Å². The number of halogens is 4. The predicted molar refractivity (Wildman–Crippen MR) is 116 cm³/mol. The zero-order valence-electron chi connectivity index (χ0n) is 17.3. The first-order valence-corrected chi connectivity index (χ1v) is 10.4. The van der Waals surface area contributed by atoms with Gasteiger partial charge in [-0.1, -0.05) is 23.7 Å². The lowest BCUT2D eigenvalue weighted by atomic mass is 10.1. The van der Waals surface area contributed by atoms with E-state index in [1.54, 1.807) is 19.1 Å². The number of amides is 1. The number of nitrogens with zero attached hydrogens (tertiary/aromatic N) is 1. The van der Waals surface area contributed by atoms with Gasteiger partial charge in [0.15, 0.2) is 0 Å². The molecule has 0 aromatic heterocycles. The number of hydrogen-bond acceptors (Lipinski definition) is 4. The van der Waals surface area contributed by atoms with Crippen LogP contribution in [0.25, 0.3) is 0 Å². The lowest BCUT2D eigenvalue weighted by molar-refractivity contribution is -0.137. The van der Waals surface area contributed by atoms with E-state index < -0.39 is 23.7 Å². The summed E-state index contributed by atoms with van der Waals surface area (Å²) in [6.07, 6.45) is -4.51. The minimum absolute atomic E-state index is 0.130. The molecule has 9 heteroatoms. The van der Waals surface area contributed by atoms with Crippen molar-refractivity contribution >= 4 is 28.9 Å². The second kappa shape index (κ2) is 9.89. The Kier molecular flexibility index (Phi) is 7.46. The Morgan fingerprint density at radius 3 is 2.48 bits per heavy atom. The van der Waals surface area contributed by atoms with Crippen LogP contribution in [-0.4, -0.2) is 38.3 Å². The molecule has 1 aliphatic rings. The zero-order valence-corrected chi connectivity index (χ0v) is 18.1. The summed E-state index contributed by atoms with van der Waals surface area (Å²) >= 11 is 6.03. The number of alkyl halides is 3. The van der Waals surface area contributed by atoms with E-state index in [1.807, 2.05) is 24.0 Å². The van der Waals surface area contributed by atoms with Gasteiger partial charge in [0, 0.05) is 24.2 Å². The van der Waals surface area contributed by atoms with Crippen LogP contribution in [0.15, 0.2) is 42.5 Å². The first-order chi connectivity index (χ1) is 14.6. The summed E-state index contributed by atoms with van der Waals surface area (Å²) in [4.78, 5) is 14.7. The molecule has 1 saturated heterocycles. The molecular formula is C22H25ClF3N3O2. The number of carbonyl (C=O) groups excluding carboxylic acids is 1. The first-order valence-electron chi connectivity index (χ1n) is 10.0. The minimum atomic E-state index is -4.51. The second-order valence-corrected chi connectivity index (χ2v) is 7.92. The molecule has 31 heavy (non-hydrogen) atoms. The van der Waals surface area contributed by atoms with E-state index in [0.717, 1.165) is 17.7 Å². The smallest absolute Gasteiger partial charge is 0.378 e. The molecule has 2 N–H and O–H groups in total. The normalized spacial score (nSPS) is 16.6. The van der Waals surface area contributed by atoms with E-state index in [4.69, 9.17) is 16.3 Å². The number of benzene rings is 2.